The molecule has 0 spiro atoms. The molecule has 11 heteroatoms. The summed E-state index contributed by atoms with van der Waals surface area (Å²) in [7, 11) is -10.2. The first-order valence-corrected chi connectivity index (χ1v) is 13.3. The van der Waals surface area contributed by atoms with Crippen LogP contribution in [0, 0.1) is 0 Å². The Labute approximate surface area is 76.4 Å². The molecule has 0 aliphatic carbocycles. The second-order valence-corrected chi connectivity index (χ2v) is 20.9. The number of rotatable bonds is 4. The van der Waals surface area contributed by atoms with Gasteiger partial charge < -0.3 is 0 Å². The Kier molecular flexibility index (Phi) is 4.26. The predicted molar refractivity (Wildman–Crippen MR) is 29.8 cm³/mol. The Morgan fingerprint density at radius 3 is 1.15 bits per heavy atom. The molecule has 0 fully saturated rings. The van der Waals surface area contributed by atoms with Crippen LogP contribution >= 0.6 is 0 Å². The van der Waals surface area contributed by atoms with Gasteiger partial charge in [-0.1, -0.05) is 0 Å². The zero-order valence-electron chi connectivity index (χ0n) is 5.82. The fourth-order valence-electron chi connectivity index (χ4n) is 0.332. The summed E-state index contributed by atoms with van der Waals surface area (Å²) in [5.74, 6) is -7.78. The first-order chi connectivity index (χ1) is 5.59. The molecule has 0 aromatic heterocycles. The van der Waals surface area contributed by atoms with Crippen LogP contribution in [0.1, 0.15) is 0 Å². The van der Waals surface area contributed by atoms with Gasteiger partial charge in [-0.2, -0.15) is 0 Å². The average molecular weight is 296 g/mol. The maximum absolute atomic E-state index is 11.6. The van der Waals surface area contributed by atoms with Crippen molar-refractivity contribution >= 4 is 15.7 Å². The van der Waals surface area contributed by atoms with Crippen LogP contribution in [-0.4, -0.2) is 28.4 Å². The van der Waals surface area contributed by atoms with E-state index < -0.39 is 41.9 Å². The summed E-state index contributed by atoms with van der Waals surface area (Å²) in [5.41, 5.74) is 0. The minimum atomic E-state index is -5.11. The Balaban J connectivity index is 4.86. The minimum absolute atomic E-state index is 3.89. The third-order valence-electron chi connectivity index (χ3n) is 0.871. The fourth-order valence-corrected chi connectivity index (χ4v) is 15.5. The fraction of sp³-hybridized carbons (Fsp3) is 1.00. The van der Waals surface area contributed by atoms with Gasteiger partial charge in [0.1, 0.15) is 0 Å². The molecule has 0 atom stereocenters. The number of alkyl halides is 4. The van der Waals surface area contributed by atoms with Gasteiger partial charge in [0.25, 0.3) is 0 Å². The molecule has 4 nitrogen and oxygen atoms in total. The van der Waals surface area contributed by atoms with E-state index in [0.717, 1.165) is 0 Å². The van der Waals surface area contributed by atoms with Crippen molar-refractivity contribution in [1.82, 2.24) is 0 Å². The quantitative estimate of drug-likeness (QED) is 0.548. The van der Waals surface area contributed by atoms with Crippen LogP contribution in [0.25, 0.3) is 0 Å². The van der Waals surface area contributed by atoms with E-state index in [1.807, 2.05) is 0 Å². The molecule has 0 aromatic carbocycles. The number of hydrogen-bond acceptors (Lipinski definition) is 4. The maximum atomic E-state index is 11.6. The van der Waals surface area contributed by atoms with Gasteiger partial charge in [0.2, 0.25) is 0 Å². The van der Waals surface area contributed by atoms with Crippen molar-refractivity contribution in [3.05, 3.63) is 0 Å². The molecule has 0 bridgehead atoms. The SMILES string of the molecule is O=[S](=O)([Zn][S](=O)(=O)C(F)F)C(F)F. The summed E-state index contributed by atoms with van der Waals surface area (Å²) < 4.78 is 87.3. The van der Waals surface area contributed by atoms with Gasteiger partial charge >= 0.3 is 76.3 Å². The molecular weight excluding hydrogens is 294 g/mol. The van der Waals surface area contributed by atoms with Gasteiger partial charge in [-0.15, -0.1) is 0 Å². The van der Waals surface area contributed by atoms with E-state index in [-0.39, 0.29) is 0 Å². The van der Waals surface area contributed by atoms with Crippen molar-refractivity contribution in [1.29, 1.82) is 0 Å². The van der Waals surface area contributed by atoms with Gasteiger partial charge in [0, 0.05) is 0 Å². The number of halogens is 4. The van der Waals surface area contributed by atoms with Crippen molar-refractivity contribution in [2.45, 2.75) is 11.5 Å². The van der Waals surface area contributed by atoms with E-state index in [0.29, 0.717) is 0 Å². The van der Waals surface area contributed by atoms with E-state index in [1.165, 1.54) is 0 Å². The summed E-state index contributed by atoms with van der Waals surface area (Å²) in [5, 5.41) is 0. The Morgan fingerprint density at radius 2 is 1.00 bits per heavy atom. The predicted octanol–water partition coefficient (Wildman–Crippen LogP) is 0.174. The second kappa shape index (κ2) is 4.18. The van der Waals surface area contributed by atoms with Gasteiger partial charge in [-0.3, -0.25) is 0 Å². The zero-order chi connectivity index (χ0) is 10.9. The van der Waals surface area contributed by atoms with Crippen molar-refractivity contribution in [2.24, 2.45) is 0 Å². The van der Waals surface area contributed by atoms with E-state index in [9.17, 15) is 34.4 Å². The van der Waals surface area contributed by atoms with Crippen LogP contribution < -0.4 is 0 Å². The molecular formula is C2H2F4O4S2Zn. The summed E-state index contributed by atoms with van der Waals surface area (Å²) in [6, 6.07) is 0. The molecule has 0 aromatic rings. The van der Waals surface area contributed by atoms with Gasteiger partial charge in [0.15, 0.2) is 0 Å². The number of hydrogen-bond donors (Lipinski definition) is 0. The van der Waals surface area contributed by atoms with Gasteiger partial charge in [-0.25, -0.2) is 0 Å². The van der Waals surface area contributed by atoms with Crippen molar-refractivity contribution in [3.8, 4) is 0 Å². The summed E-state index contributed by atoms with van der Waals surface area (Å²) >= 11 is -4.05. The van der Waals surface area contributed by atoms with Crippen LogP contribution in [0.5, 0.6) is 0 Å². The molecule has 0 amide bonds. The first kappa shape index (κ1) is 13.2. The van der Waals surface area contributed by atoms with Crippen LogP contribution in [0.2, 0.25) is 0 Å². The van der Waals surface area contributed by atoms with Gasteiger partial charge in [-0.05, 0) is 0 Å². The molecule has 0 saturated heterocycles. The molecule has 0 saturated carbocycles. The Morgan fingerprint density at radius 1 is 0.769 bits per heavy atom. The van der Waals surface area contributed by atoms with E-state index in [4.69, 9.17) is 0 Å². The third-order valence-corrected chi connectivity index (χ3v) is 20.2. The summed E-state index contributed by atoms with van der Waals surface area (Å²) in [6.45, 7) is 0. The molecule has 0 rings (SSSR count). The van der Waals surface area contributed by atoms with Crippen molar-refractivity contribution < 1.29 is 49.1 Å². The molecule has 0 heterocycles. The van der Waals surface area contributed by atoms with Gasteiger partial charge in [0.05, 0.1) is 0 Å². The van der Waals surface area contributed by atoms with E-state index in [1.54, 1.807) is 0 Å². The molecule has 13 heavy (non-hydrogen) atoms. The third kappa shape index (κ3) is 3.86. The first-order valence-electron chi connectivity index (χ1n) is 2.59. The molecule has 0 aliphatic rings. The molecule has 0 aliphatic heterocycles. The molecule has 76 valence electrons. The molecule has 0 unspecified atom stereocenters. The van der Waals surface area contributed by atoms with Crippen LogP contribution in [0.3, 0.4) is 0 Å². The molecule has 0 radical (unpaired) electrons. The molecule has 0 N–H and O–H groups in total. The standard InChI is InChI=1S/2CHF2O2S.Zn/c2*2-1(3)6(4)5;/h2*1H;. The zero-order valence-corrected chi connectivity index (χ0v) is 10.4. The average Bonchev–Trinajstić information content (AvgIpc) is 1.83. The summed E-state index contributed by atoms with van der Waals surface area (Å²) in [6.07, 6.45) is 0. The normalized spacial score (nSPS) is 13.4. The van der Waals surface area contributed by atoms with E-state index >= 15 is 0 Å². The van der Waals surface area contributed by atoms with E-state index in [2.05, 4.69) is 0 Å². The van der Waals surface area contributed by atoms with Crippen LogP contribution in [0.15, 0.2) is 0 Å². The van der Waals surface area contributed by atoms with Crippen molar-refractivity contribution in [3.63, 3.8) is 0 Å². The monoisotopic (exact) mass is 294 g/mol. The van der Waals surface area contributed by atoms with Crippen molar-refractivity contribution in [2.75, 3.05) is 0 Å². The Bertz CT molecular complexity index is 322. The van der Waals surface area contributed by atoms with Crippen LogP contribution in [0.4, 0.5) is 17.6 Å². The topological polar surface area (TPSA) is 68.3 Å². The Hall–Kier alpha value is 0.243. The second-order valence-electron chi connectivity index (χ2n) is 1.96. The summed E-state index contributed by atoms with van der Waals surface area (Å²) in [4.78, 5) is 0. The van der Waals surface area contributed by atoms with Crippen LogP contribution in [-0.2, 0) is 30.3 Å².